The minimum Gasteiger partial charge on any atom is -0.481 e. The van der Waals surface area contributed by atoms with Crippen LogP contribution in [0.25, 0.3) is 5.57 Å². The highest BCUT2D eigenvalue weighted by molar-refractivity contribution is 6.32. The van der Waals surface area contributed by atoms with Crippen molar-refractivity contribution in [2.45, 2.75) is 57.9 Å². The van der Waals surface area contributed by atoms with Crippen molar-refractivity contribution in [2.24, 2.45) is 5.92 Å². The first-order chi connectivity index (χ1) is 14.4. The van der Waals surface area contributed by atoms with E-state index >= 15 is 0 Å². The average Bonchev–Trinajstić information content (AvgIpc) is 2.67. The summed E-state index contributed by atoms with van der Waals surface area (Å²) in [5.41, 5.74) is 2.39. The van der Waals surface area contributed by atoms with E-state index in [1.807, 2.05) is 32.9 Å². The highest BCUT2D eigenvalue weighted by Gasteiger charge is 2.40. The van der Waals surface area contributed by atoms with Gasteiger partial charge in [0.1, 0.15) is 0 Å². The van der Waals surface area contributed by atoms with E-state index < -0.39 is 17.4 Å². The lowest BCUT2D eigenvalue weighted by atomic mass is 9.77. The van der Waals surface area contributed by atoms with Crippen LogP contribution < -0.4 is 5.32 Å². The topological polar surface area (TPSA) is 69.6 Å². The standard InChI is InChI=1S/C23H27ClF2N2O3/c1-14(2)18-13-28(11-8-20(29)30)21(31)27-22(18,3)16-4-5-17(19(24)12-16)15-6-9-23(25,26)10-7-15/h4-6,12-14H,7-11H2,1-3H3,(H,27,31)(H,29,30)/t22-/m0/s1. The molecule has 3 rings (SSSR count). The van der Waals surface area contributed by atoms with Gasteiger partial charge >= 0.3 is 12.0 Å². The molecular weight excluding hydrogens is 426 g/mol. The van der Waals surface area contributed by atoms with Gasteiger partial charge in [0.25, 0.3) is 5.92 Å². The van der Waals surface area contributed by atoms with Crippen LogP contribution in [0.1, 0.15) is 57.6 Å². The summed E-state index contributed by atoms with van der Waals surface area (Å²) in [4.78, 5) is 25.0. The van der Waals surface area contributed by atoms with Gasteiger partial charge in [0.05, 0.1) is 12.0 Å². The van der Waals surface area contributed by atoms with E-state index in [1.54, 1.807) is 18.3 Å². The number of urea groups is 1. The molecule has 0 saturated heterocycles. The summed E-state index contributed by atoms with van der Waals surface area (Å²) in [6.45, 7) is 5.96. The molecule has 1 atom stereocenters. The third-order valence-electron chi connectivity index (χ3n) is 5.98. The maximum Gasteiger partial charge on any atom is 0.322 e. The van der Waals surface area contributed by atoms with E-state index in [0.29, 0.717) is 5.02 Å². The van der Waals surface area contributed by atoms with Gasteiger partial charge in [-0.05, 0) is 47.6 Å². The fourth-order valence-electron chi connectivity index (χ4n) is 4.19. The van der Waals surface area contributed by atoms with Gasteiger partial charge in [-0.3, -0.25) is 4.79 Å². The van der Waals surface area contributed by atoms with Crippen molar-refractivity contribution in [2.75, 3.05) is 6.54 Å². The van der Waals surface area contributed by atoms with Crippen LogP contribution in [0.2, 0.25) is 5.02 Å². The molecule has 168 valence electrons. The molecule has 1 heterocycles. The number of amides is 2. The first-order valence-corrected chi connectivity index (χ1v) is 10.7. The van der Waals surface area contributed by atoms with Gasteiger partial charge in [0.2, 0.25) is 0 Å². The van der Waals surface area contributed by atoms with E-state index in [4.69, 9.17) is 16.7 Å². The Labute approximate surface area is 185 Å². The third kappa shape index (κ3) is 4.92. The number of hydrogen-bond acceptors (Lipinski definition) is 2. The van der Waals surface area contributed by atoms with Gasteiger partial charge in [-0.25, -0.2) is 13.6 Å². The lowest BCUT2D eigenvalue weighted by molar-refractivity contribution is -0.137. The largest absolute Gasteiger partial charge is 0.481 e. The zero-order chi connectivity index (χ0) is 23.0. The van der Waals surface area contributed by atoms with Gasteiger partial charge in [-0.15, -0.1) is 0 Å². The normalized spacial score (nSPS) is 23.3. The molecule has 1 aliphatic carbocycles. The molecule has 0 fully saturated rings. The lowest BCUT2D eigenvalue weighted by Gasteiger charge is -2.42. The highest BCUT2D eigenvalue weighted by Crippen LogP contribution is 2.42. The number of carbonyl (C=O) groups excluding carboxylic acids is 1. The SMILES string of the molecule is CC(C)C1=CN(CCC(=O)O)C(=O)N[C@@]1(C)c1ccc(C2=CCC(F)(F)CC2)c(Cl)c1. The molecule has 0 bridgehead atoms. The number of carboxylic acid groups (broad SMARTS) is 1. The zero-order valence-electron chi connectivity index (χ0n) is 17.8. The number of hydrogen-bond donors (Lipinski definition) is 2. The molecule has 2 aliphatic rings. The number of carbonyl (C=O) groups is 2. The van der Waals surface area contributed by atoms with Gasteiger partial charge in [0, 0.05) is 30.6 Å². The summed E-state index contributed by atoms with van der Waals surface area (Å²) < 4.78 is 27.0. The van der Waals surface area contributed by atoms with E-state index in [2.05, 4.69) is 5.32 Å². The number of halogens is 3. The van der Waals surface area contributed by atoms with Crippen LogP contribution in [-0.2, 0) is 10.3 Å². The first-order valence-electron chi connectivity index (χ1n) is 10.3. The molecule has 1 aromatic carbocycles. The molecule has 2 N–H and O–H groups in total. The van der Waals surface area contributed by atoms with Crippen molar-refractivity contribution in [3.05, 3.63) is 52.2 Å². The molecule has 0 aromatic heterocycles. The van der Waals surface area contributed by atoms with E-state index in [-0.39, 0.29) is 44.2 Å². The van der Waals surface area contributed by atoms with E-state index in [9.17, 15) is 18.4 Å². The Balaban J connectivity index is 1.94. The molecule has 0 radical (unpaired) electrons. The number of nitrogens with zero attached hydrogens (tertiary/aromatic N) is 1. The molecule has 0 spiro atoms. The monoisotopic (exact) mass is 452 g/mol. The summed E-state index contributed by atoms with van der Waals surface area (Å²) in [7, 11) is 0. The van der Waals surface area contributed by atoms with Crippen LogP contribution in [0.3, 0.4) is 0 Å². The Morgan fingerprint density at radius 1 is 1.35 bits per heavy atom. The zero-order valence-corrected chi connectivity index (χ0v) is 18.6. The molecule has 1 aliphatic heterocycles. The van der Waals surface area contributed by atoms with E-state index in [1.165, 1.54) is 4.90 Å². The number of rotatable bonds is 6. The van der Waals surface area contributed by atoms with Gasteiger partial charge in [-0.1, -0.05) is 43.7 Å². The van der Waals surface area contributed by atoms with Crippen LogP contribution in [0.15, 0.2) is 36.0 Å². The Morgan fingerprint density at radius 2 is 2.06 bits per heavy atom. The second-order valence-corrected chi connectivity index (χ2v) is 9.02. The van der Waals surface area contributed by atoms with Crippen LogP contribution in [-0.4, -0.2) is 34.5 Å². The first kappa shape index (κ1) is 23.3. The third-order valence-corrected chi connectivity index (χ3v) is 6.29. The summed E-state index contributed by atoms with van der Waals surface area (Å²) in [6, 6.07) is 5.07. The molecule has 1 aromatic rings. The average molecular weight is 453 g/mol. The van der Waals surface area contributed by atoms with Gasteiger partial charge in [0.15, 0.2) is 0 Å². The fourth-order valence-corrected chi connectivity index (χ4v) is 4.49. The van der Waals surface area contributed by atoms with Crippen molar-refractivity contribution >= 4 is 29.2 Å². The number of allylic oxidation sites excluding steroid dienone is 2. The summed E-state index contributed by atoms with van der Waals surface area (Å²) in [5, 5.41) is 12.4. The fraction of sp³-hybridized carbons (Fsp3) is 0.478. The molecular formula is C23H27ClF2N2O3. The van der Waals surface area contributed by atoms with Crippen LogP contribution in [0.5, 0.6) is 0 Å². The molecule has 8 heteroatoms. The van der Waals surface area contributed by atoms with Crippen LogP contribution in [0.4, 0.5) is 13.6 Å². The Hall–Kier alpha value is -2.41. The second kappa shape index (κ2) is 8.61. The predicted octanol–water partition coefficient (Wildman–Crippen LogP) is 5.80. The summed E-state index contributed by atoms with van der Waals surface area (Å²) >= 11 is 6.56. The van der Waals surface area contributed by atoms with Crippen molar-refractivity contribution in [1.29, 1.82) is 0 Å². The number of aliphatic carboxylic acids is 1. The van der Waals surface area contributed by atoms with Gasteiger partial charge < -0.3 is 15.3 Å². The van der Waals surface area contributed by atoms with E-state index in [0.717, 1.165) is 22.3 Å². The molecule has 5 nitrogen and oxygen atoms in total. The van der Waals surface area contributed by atoms with Crippen molar-refractivity contribution < 1.29 is 23.5 Å². The maximum atomic E-state index is 13.5. The van der Waals surface area contributed by atoms with Gasteiger partial charge in [-0.2, -0.15) is 0 Å². The Kier molecular flexibility index (Phi) is 6.46. The number of alkyl halides is 2. The van der Waals surface area contributed by atoms with Crippen molar-refractivity contribution in [3.8, 4) is 0 Å². The highest BCUT2D eigenvalue weighted by atomic mass is 35.5. The van der Waals surface area contributed by atoms with Crippen molar-refractivity contribution in [1.82, 2.24) is 10.2 Å². The Morgan fingerprint density at radius 3 is 2.61 bits per heavy atom. The second-order valence-electron chi connectivity index (χ2n) is 8.62. The summed E-state index contributed by atoms with van der Waals surface area (Å²) in [6.07, 6.45) is 2.89. The number of carboxylic acids is 1. The predicted molar refractivity (Wildman–Crippen MR) is 116 cm³/mol. The van der Waals surface area contributed by atoms with Crippen LogP contribution in [0, 0.1) is 5.92 Å². The molecule has 2 amide bonds. The summed E-state index contributed by atoms with van der Waals surface area (Å²) in [5.74, 6) is -3.57. The smallest absolute Gasteiger partial charge is 0.322 e. The molecule has 31 heavy (non-hydrogen) atoms. The minimum atomic E-state index is -2.67. The molecule has 0 saturated carbocycles. The maximum absolute atomic E-state index is 13.5. The number of benzene rings is 1. The Bertz CT molecular complexity index is 958. The number of nitrogens with one attached hydrogen (secondary N) is 1. The minimum absolute atomic E-state index is 0.0691. The van der Waals surface area contributed by atoms with Crippen LogP contribution >= 0.6 is 11.6 Å². The molecule has 0 unspecified atom stereocenters. The quantitative estimate of drug-likeness (QED) is 0.573. The van der Waals surface area contributed by atoms with Crippen molar-refractivity contribution in [3.63, 3.8) is 0 Å². The lowest BCUT2D eigenvalue weighted by Crippen LogP contribution is -2.55.